The Labute approximate surface area is 165 Å². The first kappa shape index (κ1) is 16.6. The van der Waals surface area contributed by atoms with Crippen LogP contribution >= 0.6 is 11.3 Å². The molecule has 5 rings (SSSR count). The van der Waals surface area contributed by atoms with Gasteiger partial charge in [-0.3, -0.25) is 4.98 Å². The molecule has 1 aliphatic heterocycles. The summed E-state index contributed by atoms with van der Waals surface area (Å²) in [7, 11) is 0. The van der Waals surface area contributed by atoms with Crippen LogP contribution in [0.1, 0.15) is 16.8 Å². The van der Waals surface area contributed by atoms with Crippen molar-refractivity contribution in [3.05, 3.63) is 89.7 Å². The van der Waals surface area contributed by atoms with Crippen molar-refractivity contribution in [2.24, 2.45) is 15.0 Å². The number of thiazole rings is 1. The number of fused-ring (bicyclic) bond motifs is 1. The van der Waals surface area contributed by atoms with Gasteiger partial charge in [-0.05, 0) is 37.3 Å². The molecule has 3 heterocycles. The Morgan fingerprint density at radius 1 is 0.893 bits per heavy atom. The van der Waals surface area contributed by atoms with Gasteiger partial charge in [-0.25, -0.2) is 15.0 Å². The Kier molecular flexibility index (Phi) is 4.10. The zero-order chi connectivity index (χ0) is 18.9. The SMILES string of the molecule is Cc1cccc(C2=NC(=Nc3nc4ccccc4s3)C(c3ccccn3)=N2)c1. The summed E-state index contributed by atoms with van der Waals surface area (Å²) in [5.74, 6) is 1.18. The first-order valence-electron chi connectivity index (χ1n) is 8.87. The molecule has 2 aromatic heterocycles. The Balaban J connectivity index is 1.63. The Bertz CT molecular complexity index is 1240. The van der Waals surface area contributed by atoms with Crippen LogP contribution in [0.3, 0.4) is 0 Å². The lowest BCUT2D eigenvalue weighted by Crippen LogP contribution is -2.11. The van der Waals surface area contributed by atoms with E-state index in [4.69, 9.17) is 15.0 Å². The van der Waals surface area contributed by atoms with Crippen LogP contribution in [0.4, 0.5) is 5.13 Å². The predicted octanol–water partition coefficient (Wildman–Crippen LogP) is 4.98. The fourth-order valence-corrected chi connectivity index (χ4v) is 3.84. The first-order chi connectivity index (χ1) is 13.8. The molecule has 0 radical (unpaired) electrons. The number of amidine groups is 2. The van der Waals surface area contributed by atoms with Crippen molar-refractivity contribution in [2.75, 3.05) is 0 Å². The van der Waals surface area contributed by atoms with E-state index in [2.05, 4.69) is 29.0 Å². The lowest BCUT2D eigenvalue weighted by Gasteiger charge is -1.99. The highest BCUT2D eigenvalue weighted by molar-refractivity contribution is 7.22. The minimum Gasteiger partial charge on any atom is -0.254 e. The number of hydrogen-bond donors (Lipinski definition) is 0. The summed E-state index contributed by atoms with van der Waals surface area (Å²) in [6.45, 7) is 2.05. The third-order valence-corrected chi connectivity index (χ3v) is 5.24. The first-order valence-corrected chi connectivity index (χ1v) is 9.68. The van der Waals surface area contributed by atoms with Crippen molar-refractivity contribution in [1.82, 2.24) is 9.97 Å². The summed E-state index contributed by atoms with van der Waals surface area (Å²) < 4.78 is 1.10. The second-order valence-electron chi connectivity index (χ2n) is 6.38. The smallest absolute Gasteiger partial charge is 0.212 e. The van der Waals surface area contributed by atoms with E-state index in [-0.39, 0.29) is 0 Å². The Morgan fingerprint density at radius 3 is 2.61 bits per heavy atom. The van der Waals surface area contributed by atoms with Gasteiger partial charge in [0.1, 0.15) is 5.71 Å². The number of benzene rings is 2. The normalized spacial score (nSPS) is 15.1. The lowest BCUT2D eigenvalue weighted by atomic mass is 10.1. The second-order valence-corrected chi connectivity index (χ2v) is 7.39. The van der Waals surface area contributed by atoms with Crippen LogP contribution in [0.2, 0.25) is 0 Å². The number of nitrogens with zero attached hydrogens (tertiary/aromatic N) is 5. The van der Waals surface area contributed by atoms with Crippen LogP contribution in [-0.4, -0.2) is 27.4 Å². The molecule has 2 aromatic carbocycles. The molecule has 1 aliphatic rings. The molecule has 4 aromatic rings. The molecule has 28 heavy (non-hydrogen) atoms. The van der Waals surface area contributed by atoms with Crippen LogP contribution in [0.15, 0.2) is 87.9 Å². The fraction of sp³-hybridized carbons (Fsp3) is 0.0455. The van der Waals surface area contributed by atoms with Gasteiger partial charge in [0.15, 0.2) is 11.7 Å². The number of hydrogen-bond acceptors (Lipinski definition) is 5. The van der Waals surface area contributed by atoms with Crippen LogP contribution in [0, 0.1) is 6.92 Å². The van der Waals surface area contributed by atoms with Gasteiger partial charge in [0.05, 0.1) is 15.9 Å². The maximum absolute atomic E-state index is 4.75. The van der Waals surface area contributed by atoms with Crippen molar-refractivity contribution in [3.8, 4) is 0 Å². The number of para-hydroxylation sites is 1. The van der Waals surface area contributed by atoms with E-state index in [0.717, 1.165) is 27.0 Å². The molecular weight excluding hydrogens is 366 g/mol. The van der Waals surface area contributed by atoms with Crippen molar-refractivity contribution in [3.63, 3.8) is 0 Å². The highest BCUT2D eigenvalue weighted by Crippen LogP contribution is 2.28. The summed E-state index contributed by atoms with van der Waals surface area (Å²) in [6.07, 6.45) is 1.75. The molecule has 0 saturated carbocycles. The number of pyridine rings is 1. The minimum absolute atomic E-state index is 0.536. The van der Waals surface area contributed by atoms with E-state index in [1.807, 2.05) is 54.6 Å². The van der Waals surface area contributed by atoms with Crippen molar-refractivity contribution < 1.29 is 0 Å². The average molecular weight is 381 g/mol. The number of aryl methyl sites for hydroxylation is 1. The van der Waals surface area contributed by atoms with E-state index in [9.17, 15) is 0 Å². The zero-order valence-electron chi connectivity index (χ0n) is 15.1. The number of aliphatic imine (C=N–C) groups is 3. The molecule has 0 saturated heterocycles. The molecule has 0 fully saturated rings. The summed E-state index contributed by atoms with van der Waals surface area (Å²) in [4.78, 5) is 23.2. The summed E-state index contributed by atoms with van der Waals surface area (Å²) in [6, 6.07) is 21.9. The summed E-state index contributed by atoms with van der Waals surface area (Å²) in [5, 5.41) is 0.661. The largest absolute Gasteiger partial charge is 0.254 e. The van der Waals surface area contributed by atoms with E-state index in [1.54, 1.807) is 6.20 Å². The van der Waals surface area contributed by atoms with Crippen molar-refractivity contribution >= 4 is 44.1 Å². The van der Waals surface area contributed by atoms with E-state index < -0.39 is 0 Å². The number of aromatic nitrogens is 2. The van der Waals surface area contributed by atoms with Gasteiger partial charge in [0.25, 0.3) is 0 Å². The average Bonchev–Trinajstić information content (AvgIpc) is 3.32. The molecule has 134 valence electrons. The van der Waals surface area contributed by atoms with Crippen molar-refractivity contribution in [1.29, 1.82) is 0 Å². The van der Waals surface area contributed by atoms with Gasteiger partial charge in [-0.2, -0.15) is 4.99 Å². The maximum atomic E-state index is 4.75. The molecule has 0 amide bonds. The molecule has 0 N–H and O–H groups in total. The number of rotatable bonds is 3. The fourth-order valence-electron chi connectivity index (χ4n) is 3.00. The third kappa shape index (κ3) is 3.14. The lowest BCUT2D eigenvalue weighted by molar-refractivity contribution is 1.29. The van der Waals surface area contributed by atoms with E-state index >= 15 is 0 Å². The standard InChI is InChI=1S/C22H15N5S/c1-14-7-6-8-15(13-14)20-25-19(17-10-4-5-12-23-17)21(26-20)27-22-24-16-9-2-3-11-18(16)28-22/h2-13H,1H3. The van der Waals surface area contributed by atoms with E-state index in [0.29, 0.717) is 22.5 Å². The van der Waals surface area contributed by atoms with Gasteiger partial charge in [-0.1, -0.05) is 53.3 Å². The zero-order valence-corrected chi connectivity index (χ0v) is 15.9. The molecule has 6 heteroatoms. The van der Waals surface area contributed by atoms with Crippen LogP contribution in [0.25, 0.3) is 10.2 Å². The Hall–Kier alpha value is -3.51. The topological polar surface area (TPSA) is 62.9 Å². The van der Waals surface area contributed by atoms with Gasteiger partial charge in [0.2, 0.25) is 5.13 Å². The quantitative estimate of drug-likeness (QED) is 0.502. The molecular formula is C22H15N5S. The maximum Gasteiger partial charge on any atom is 0.212 e. The minimum atomic E-state index is 0.536. The highest BCUT2D eigenvalue weighted by atomic mass is 32.1. The second kappa shape index (κ2) is 6.90. The van der Waals surface area contributed by atoms with Crippen molar-refractivity contribution in [2.45, 2.75) is 6.92 Å². The molecule has 0 aliphatic carbocycles. The van der Waals surface area contributed by atoms with Gasteiger partial charge < -0.3 is 0 Å². The van der Waals surface area contributed by atoms with Crippen LogP contribution < -0.4 is 0 Å². The molecule has 0 bridgehead atoms. The summed E-state index contributed by atoms with van der Waals surface area (Å²) >= 11 is 1.54. The van der Waals surface area contributed by atoms with Gasteiger partial charge in [-0.15, -0.1) is 0 Å². The monoisotopic (exact) mass is 381 g/mol. The predicted molar refractivity (Wildman–Crippen MR) is 115 cm³/mol. The van der Waals surface area contributed by atoms with Crippen LogP contribution in [0.5, 0.6) is 0 Å². The van der Waals surface area contributed by atoms with E-state index in [1.165, 1.54) is 11.3 Å². The summed E-state index contributed by atoms with van der Waals surface area (Å²) in [5.41, 5.74) is 4.46. The third-order valence-electron chi connectivity index (χ3n) is 4.31. The molecule has 0 spiro atoms. The Morgan fingerprint density at radius 2 is 1.79 bits per heavy atom. The highest BCUT2D eigenvalue weighted by Gasteiger charge is 2.22. The molecule has 0 atom stereocenters. The molecule has 5 nitrogen and oxygen atoms in total. The van der Waals surface area contributed by atoms with Gasteiger partial charge in [0, 0.05) is 11.8 Å². The molecule has 0 unspecified atom stereocenters. The van der Waals surface area contributed by atoms with Crippen LogP contribution in [-0.2, 0) is 0 Å². The van der Waals surface area contributed by atoms with Gasteiger partial charge >= 0.3 is 0 Å².